The van der Waals surface area contributed by atoms with Crippen molar-refractivity contribution in [1.82, 2.24) is 9.80 Å². The van der Waals surface area contributed by atoms with E-state index < -0.39 is 22.6 Å². The standard InChI is InChI=1S/C22H24F3N5O4/c23-22(24,25)18-3-1-2-4-19(18)27-21(32)15-29-13-11-28(12-14-29)10-9-20(31)26-16-5-7-17(8-6-16)30(33)34/h1-8H,9-15H2,(H,26,31)(H,27,32). The summed E-state index contributed by atoms with van der Waals surface area (Å²) in [5.74, 6) is -0.744. The molecule has 0 bridgehead atoms. The van der Waals surface area contributed by atoms with Crippen molar-refractivity contribution in [3.05, 3.63) is 64.2 Å². The number of hydrogen-bond donors (Lipinski definition) is 2. The normalized spacial score (nSPS) is 15.0. The Balaban J connectivity index is 1.39. The lowest BCUT2D eigenvalue weighted by Crippen LogP contribution is -2.49. The maximum atomic E-state index is 13.1. The average Bonchev–Trinajstić information content (AvgIpc) is 2.78. The molecule has 1 aliphatic heterocycles. The summed E-state index contributed by atoms with van der Waals surface area (Å²) in [6.45, 7) is 2.77. The van der Waals surface area contributed by atoms with Gasteiger partial charge in [-0.25, -0.2) is 0 Å². The second-order valence-electron chi connectivity index (χ2n) is 7.81. The molecular formula is C22H24F3N5O4. The molecule has 2 amide bonds. The minimum absolute atomic E-state index is 0.0271. The highest BCUT2D eigenvalue weighted by Crippen LogP contribution is 2.34. The van der Waals surface area contributed by atoms with Gasteiger partial charge in [-0.3, -0.25) is 24.6 Å². The summed E-state index contributed by atoms with van der Waals surface area (Å²) in [4.78, 5) is 38.5. The smallest absolute Gasteiger partial charge is 0.326 e. The van der Waals surface area contributed by atoms with Crippen molar-refractivity contribution in [1.29, 1.82) is 0 Å². The summed E-state index contributed by atoms with van der Waals surface area (Å²) in [6.07, 6.45) is -4.33. The molecule has 9 nitrogen and oxygen atoms in total. The number of rotatable bonds is 8. The second kappa shape index (κ2) is 11.1. The number of carbonyl (C=O) groups is 2. The number of non-ortho nitro benzene ring substituents is 1. The van der Waals surface area contributed by atoms with Crippen molar-refractivity contribution in [3.8, 4) is 0 Å². The Morgan fingerprint density at radius 2 is 1.53 bits per heavy atom. The fraction of sp³-hybridized carbons (Fsp3) is 0.364. The van der Waals surface area contributed by atoms with E-state index in [2.05, 4.69) is 15.5 Å². The van der Waals surface area contributed by atoms with Gasteiger partial charge in [0.25, 0.3) is 5.69 Å². The first-order valence-electron chi connectivity index (χ1n) is 10.6. The lowest BCUT2D eigenvalue weighted by Gasteiger charge is -2.34. The molecule has 182 valence electrons. The lowest BCUT2D eigenvalue weighted by molar-refractivity contribution is -0.384. The van der Waals surface area contributed by atoms with Gasteiger partial charge < -0.3 is 15.5 Å². The van der Waals surface area contributed by atoms with E-state index in [0.717, 1.165) is 6.07 Å². The van der Waals surface area contributed by atoms with Crippen LogP contribution in [0.4, 0.5) is 30.2 Å². The molecule has 1 heterocycles. The predicted molar refractivity (Wildman–Crippen MR) is 119 cm³/mol. The molecule has 3 rings (SSSR count). The van der Waals surface area contributed by atoms with Gasteiger partial charge in [0.2, 0.25) is 11.8 Å². The van der Waals surface area contributed by atoms with Crippen LogP contribution in [-0.4, -0.2) is 65.8 Å². The number of hydrogen-bond acceptors (Lipinski definition) is 6. The van der Waals surface area contributed by atoms with Crippen LogP contribution in [0, 0.1) is 10.1 Å². The Morgan fingerprint density at radius 1 is 0.912 bits per heavy atom. The van der Waals surface area contributed by atoms with Gasteiger partial charge in [0, 0.05) is 57.0 Å². The first-order valence-corrected chi connectivity index (χ1v) is 10.6. The Labute approximate surface area is 193 Å². The molecule has 0 aliphatic carbocycles. The first kappa shape index (κ1) is 25.1. The number of benzene rings is 2. The summed E-state index contributed by atoms with van der Waals surface area (Å²) >= 11 is 0. The zero-order chi connectivity index (χ0) is 24.7. The summed E-state index contributed by atoms with van der Waals surface area (Å²) in [5.41, 5.74) is -0.745. The first-order chi connectivity index (χ1) is 16.1. The van der Waals surface area contributed by atoms with Crippen LogP contribution in [0.2, 0.25) is 0 Å². The number of carbonyl (C=O) groups excluding carboxylic acids is 2. The fourth-order valence-corrected chi connectivity index (χ4v) is 3.55. The molecule has 2 aromatic carbocycles. The Bertz CT molecular complexity index is 1020. The summed E-state index contributed by atoms with van der Waals surface area (Å²) in [6, 6.07) is 10.4. The maximum Gasteiger partial charge on any atom is 0.418 e. The van der Waals surface area contributed by atoms with Crippen molar-refractivity contribution in [2.45, 2.75) is 12.6 Å². The topological polar surface area (TPSA) is 108 Å². The quantitative estimate of drug-likeness (QED) is 0.445. The highest BCUT2D eigenvalue weighted by atomic mass is 19.4. The Hall–Kier alpha value is -3.51. The number of nitro groups is 1. The second-order valence-corrected chi connectivity index (χ2v) is 7.81. The van der Waals surface area contributed by atoms with Gasteiger partial charge in [-0.1, -0.05) is 12.1 Å². The lowest BCUT2D eigenvalue weighted by atomic mass is 10.1. The number of piperazine rings is 1. The number of halogens is 3. The van der Waals surface area contributed by atoms with Crippen LogP contribution in [0.15, 0.2) is 48.5 Å². The van der Waals surface area contributed by atoms with Gasteiger partial charge in [-0.15, -0.1) is 0 Å². The van der Waals surface area contributed by atoms with E-state index in [-0.39, 0.29) is 30.2 Å². The van der Waals surface area contributed by atoms with Gasteiger partial charge in [0.05, 0.1) is 22.7 Å². The van der Waals surface area contributed by atoms with E-state index in [0.29, 0.717) is 38.4 Å². The number of anilines is 2. The van der Waals surface area contributed by atoms with Crippen LogP contribution < -0.4 is 10.6 Å². The maximum absolute atomic E-state index is 13.1. The van der Waals surface area contributed by atoms with Gasteiger partial charge >= 0.3 is 6.18 Å². The van der Waals surface area contributed by atoms with Gasteiger partial charge in [-0.05, 0) is 24.3 Å². The molecule has 0 atom stereocenters. The number of amides is 2. The van der Waals surface area contributed by atoms with E-state index in [4.69, 9.17) is 0 Å². The fourth-order valence-electron chi connectivity index (χ4n) is 3.55. The number of nitrogens with one attached hydrogen (secondary N) is 2. The number of nitro benzene ring substituents is 1. The van der Waals surface area contributed by atoms with E-state index in [1.165, 1.54) is 42.5 Å². The van der Waals surface area contributed by atoms with Crippen molar-refractivity contribution in [2.24, 2.45) is 0 Å². The van der Waals surface area contributed by atoms with Gasteiger partial charge in [-0.2, -0.15) is 13.2 Å². The summed E-state index contributed by atoms with van der Waals surface area (Å²) in [5, 5.41) is 15.7. The third-order valence-corrected chi connectivity index (χ3v) is 5.36. The molecule has 12 heteroatoms. The number of para-hydroxylation sites is 1. The third kappa shape index (κ3) is 7.25. The SMILES string of the molecule is O=C(CCN1CCN(CC(=O)Nc2ccccc2C(F)(F)F)CC1)Nc1ccc([N+](=O)[O-])cc1. The van der Waals surface area contributed by atoms with Crippen molar-refractivity contribution in [3.63, 3.8) is 0 Å². The summed E-state index contributed by atoms with van der Waals surface area (Å²) < 4.78 is 39.2. The molecule has 0 unspecified atom stereocenters. The highest BCUT2D eigenvalue weighted by molar-refractivity contribution is 5.93. The molecule has 0 aromatic heterocycles. The van der Waals surface area contributed by atoms with Crippen LogP contribution in [0.25, 0.3) is 0 Å². The minimum Gasteiger partial charge on any atom is -0.326 e. The molecule has 0 radical (unpaired) electrons. The largest absolute Gasteiger partial charge is 0.418 e. The van der Waals surface area contributed by atoms with E-state index in [9.17, 15) is 32.9 Å². The molecule has 34 heavy (non-hydrogen) atoms. The zero-order valence-electron chi connectivity index (χ0n) is 18.2. The van der Waals surface area contributed by atoms with Crippen LogP contribution in [-0.2, 0) is 15.8 Å². The Morgan fingerprint density at radius 3 is 2.15 bits per heavy atom. The molecule has 0 spiro atoms. The van der Waals surface area contributed by atoms with Gasteiger partial charge in [0.15, 0.2) is 0 Å². The van der Waals surface area contributed by atoms with E-state index in [1.54, 1.807) is 0 Å². The molecule has 2 N–H and O–H groups in total. The average molecular weight is 479 g/mol. The molecule has 2 aromatic rings. The number of alkyl halides is 3. The van der Waals surface area contributed by atoms with Crippen LogP contribution >= 0.6 is 0 Å². The van der Waals surface area contributed by atoms with Crippen molar-refractivity contribution in [2.75, 3.05) is 49.9 Å². The summed E-state index contributed by atoms with van der Waals surface area (Å²) in [7, 11) is 0. The minimum atomic E-state index is -4.56. The molecule has 0 saturated carbocycles. The number of nitrogens with zero attached hydrogens (tertiary/aromatic N) is 3. The Kier molecular flexibility index (Phi) is 8.18. The molecule has 1 aliphatic rings. The molecule has 1 saturated heterocycles. The zero-order valence-corrected chi connectivity index (χ0v) is 18.2. The monoisotopic (exact) mass is 479 g/mol. The van der Waals surface area contributed by atoms with Gasteiger partial charge in [0.1, 0.15) is 0 Å². The third-order valence-electron chi connectivity index (χ3n) is 5.36. The predicted octanol–water partition coefficient (Wildman–Crippen LogP) is 3.20. The molecule has 1 fully saturated rings. The van der Waals surface area contributed by atoms with Crippen LogP contribution in [0.5, 0.6) is 0 Å². The van der Waals surface area contributed by atoms with Crippen molar-refractivity contribution >= 4 is 28.9 Å². The van der Waals surface area contributed by atoms with E-state index in [1.807, 2.05) is 4.90 Å². The van der Waals surface area contributed by atoms with Crippen LogP contribution in [0.1, 0.15) is 12.0 Å². The van der Waals surface area contributed by atoms with Crippen molar-refractivity contribution < 1.29 is 27.7 Å². The highest BCUT2D eigenvalue weighted by Gasteiger charge is 2.33. The van der Waals surface area contributed by atoms with Crippen LogP contribution in [0.3, 0.4) is 0 Å². The molecular weight excluding hydrogens is 455 g/mol. The van der Waals surface area contributed by atoms with E-state index >= 15 is 0 Å².